The molecule has 1 unspecified atom stereocenters. The Kier molecular flexibility index (Phi) is 2.51. The zero-order valence-electron chi connectivity index (χ0n) is 3.84. The van der Waals surface area contributed by atoms with Gasteiger partial charge in [0.05, 0.1) is 0 Å². The molecule has 0 aliphatic heterocycles. The van der Waals surface area contributed by atoms with Gasteiger partial charge in [-0.05, 0) is 0 Å². The molecule has 52 valence electrons. The van der Waals surface area contributed by atoms with E-state index in [1.165, 1.54) is 0 Å². The quantitative estimate of drug-likeness (QED) is 0.343. The van der Waals surface area contributed by atoms with Crippen LogP contribution in [0.5, 0.6) is 0 Å². The number of rotatable bonds is 1. The smallest absolute Gasteiger partial charge is 0.253 e. The van der Waals surface area contributed by atoms with E-state index >= 15 is 0 Å². The van der Waals surface area contributed by atoms with Crippen molar-refractivity contribution >= 4 is 34.8 Å². The molecule has 1 nitrogen and oxygen atoms in total. The molecule has 0 saturated carbocycles. The van der Waals surface area contributed by atoms with Crippen molar-refractivity contribution in [2.45, 2.75) is 9.84 Å². The van der Waals surface area contributed by atoms with Gasteiger partial charge in [0.2, 0.25) is 0 Å². The molecular formula is C3Cl3F2N. The van der Waals surface area contributed by atoms with Gasteiger partial charge in [-0.2, -0.15) is 4.39 Å². The van der Waals surface area contributed by atoms with Crippen molar-refractivity contribution in [1.29, 1.82) is 0 Å². The van der Waals surface area contributed by atoms with Gasteiger partial charge in [-0.1, -0.05) is 23.2 Å². The van der Waals surface area contributed by atoms with Gasteiger partial charge in [-0.15, -0.1) is 4.39 Å². The van der Waals surface area contributed by atoms with E-state index in [1.54, 1.807) is 0 Å². The second-order valence-corrected chi connectivity index (χ2v) is 2.89. The Bertz CT molecular complexity index is 144. The molecular weight excluding hydrogens is 194 g/mol. The molecule has 9 heavy (non-hydrogen) atoms. The predicted octanol–water partition coefficient (Wildman–Crippen LogP) is 2.87. The minimum Gasteiger partial charge on any atom is -0.253 e. The van der Waals surface area contributed by atoms with Crippen molar-refractivity contribution in [3.8, 4) is 0 Å². The Hall–Kier alpha value is 0.220. The van der Waals surface area contributed by atoms with Gasteiger partial charge in [-0.3, -0.25) is 4.85 Å². The molecule has 0 aliphatic carbocycles. The van der Waals surface area contributed by atoms with Crippen molar-refractivity contribution < 1.29 is 8.78 Å². The lowest BCUT2D eigenvalue weighted by Gasteiger charge is -2.09. The zero-order chi connectivity index (χ0) is 7.71. The fraction of sp³-hybridized carbons (Fsp3) is 0.667. The summed E-state index contributed by atoms with van der Waals surface area (Å²) in [6, 6.07) is 0. The Morgan fingerprint density at radius 2 is 1.56 bits per heavy atom. The topological polar surface area (TPSA) is 4.36 Å². The highest BCUT2D eigenvalue weighted by molar-refractivity contribution is 6.52. The Labute approximate surface area is 65.3 Å². The molecule has 0 spiro atoms. The molecule has 0 aromatic rings. The summed E-state index contributed by atoms with van der Waals surface area (Å²) in [6.45, 7) is 5.97. The maximum Gasteiger partial charge on any atom is 0.515 e. The predicted molar refractivity (Wildman–Crippen MR) is 31.8 cm³/mol. The van der Waals surface area contributed by atoms with Crippen LogP contribution in [0, 0.1) is 6.57 Å². The standard InChI is InChI=1S/C3Cl3F2N/c1-9-3(6,8)2(4,5)7. The van der Waals surface area contributed by atoms with Gasteiger partial charge in [-0.25, -0.2) is 6.57 Å². The average molecular weight is 194 g/mol. The summed E-state index contributed by atoms with van der Waals surface area (Å²) in [5.74, 6) is 0. The second-order valence-electron chi connectivity index (χ2n) is 1.15. The van der Waals surface area contributed by atoms with E-state index in [2.05, 4.69) is 34.8 Å². The molecule has 6 heteroatoms. The lowest BCUT2D eigenvalue weighted by molar-refractivity contribution is 0.200. The van der Waals surface area contributed by atoms with Crippen molar-refractivity contribution in [3.05, 3.63) is 11.4 Å². The fourth-order valence-corrected chi connectivity index (χ4v) is 0.148. The molecule has 0 aromatic carbocycles. The summed E-state index contributed by atoms with van der Waals surface area (Å²) in [6.07, 6.45) is 0. The normalized spacial score (nSPS) is 18.2. The summed E-state index contributed by atoms with van der Waals surface area (Å²) < 4.78 is 20.7. The fourth-order valence-electron chi connectivity index (χ4n) is 0.0634. The molecule has 0 N–H and O–H groups in total. The van der Waals surface area contributed by atoms with Crippen LogP contribution in [0.2, 0.25) is 0 Å². The average Bonchev–Trinajstić information content (AvgIpc) is 1.64. The SMILES string of the molecule is [C-]#[N+]C(F)(Cl)C(F)(Cl)Cl. The molecule has 1 atom stereocenters. The van der Waals surface area contributed by atoms with Crippen LogP contribution in [0.15, 0.2) is 0 Å². The number of hydrogen-bond donors (Lipinski definition) is 0. The summed E-state index contributed by atoms with van der Waals surface area (Å²) in [7, 11) is 0. The first-order valence-electron chi connectivity index (χ1n) is 1.64. The molecule has 0 aliphatic rings. The summed E-state index contributed by atoms with van der Waals surface area (Å²) in [5.41, 5.74) is 0. The van der Waals surface area contributed by atoms with E-state index < -0.39 is 9.84 Å². The Morgan fingerprint density at radius 3 is 1.56 bits per heavy atom. The molecule has 0 fully saturated rings. The maximum absolute atomic E-state index is 12.1. The summed E-state index contributed by atoms with van der Waals surface area (Å²) in [4.78, 5) is 2.00. The highest BCUT2D eigenvalue weighted by atomic mass is 35.5. The van der Waals surface area contributed by atoms with Crippen LogP contribution in [0.3, 0.4) is 0 Å². The first-order valence-corrected chi connectivity index (χ1v) is 2.78. The van der Waals surface area contributed by atoms with E-state index in [4.69, 9.17) is 6.57 Å². The minimum atomic E-state index is -3.39. The minimum absolute atomic E-state index is 2.00. The molecule has 0 aromatic heterocycles. The number of halogens is 5. The first-order chi connectivity index (χ1) is 3.81. The van der Waals surface area contributed by atoms with Gasteiger partial charge in [0.15, 0.2) is 0 Å². The van der Waals surface area contributed by atoms with E-state index in [-0.39, 0.29) is 0 Å². The number of hydrogen-bond acceptors (Lipinski definition) is 0. The van der Waals surface area contributed by atoms with E-state index in [0.29, 0.717) is 0 Å². The monoisotopic (exact) mass is 193 g/mol. The van der Waals surface area contributed by atoms with Crippen LogP contribution in [0.25, 0.3) is 4.85 Å². The van der Waals surface area contributed by atoms with E-state index in [9.17, 15) is 8.78 Å². The third kappa shape index (κ3) is 2.13. The van der Waals surface area contributed by atoms with Crippen LogP contribution in [-0.4, -0.2) is 9.84 Å². The third-order valence-corrected chi connectivity index (χ3v) is 1.52. The molecule has 0 bridgehead atoms. The summed E-state index contributed by atoms with van der Waals surface area (Å²) >= 11 is 13.5. The maximum atomic E-state index is 12.1. The Morgan fingerprint density at radius 1 is 1.22 bits per heavy atom. The van der Waals surface area contributed by atoms with Crippen molar-refractivity contribution in [1.82, 2.24) is 0 Å². The van der Waals surface area contributed by atoms with Crippen LogP contribution < -0.4 is 0 Å². The van der Waals surface area contributed by atoms with E-state index in [0.717, 1.165) is 0 Å². The highest BCUT2D eigenvalue weighted by Crippen LogP contribution is 2.42. The number of alkyl halides is 5. The molecule has 0 saturated heterocycles. The molecule has 0 amide bonds. The van der Waals surface area contributed by atoms with Crippen LogP contribution >= 0.6 is 34.8 Å². The van der Waals surface area contributed by atoms with Crippen LogP contribution in [-0.2, 0) is 0 Å². The molecule has 0 heterocycles. The van der Waals surface area contributed by atoms with Gasteiger partial charge in [0, 0.05) is 11.6 Å². The number of nitrogens with zero attached hydrogens (tertiary/aromatic N) is 1. The lowest BCUT2D eigenvalue weighted by Crippen LogP contribution is -2.28. The van der Waals surface area contributed by atoms with Gasteiger partial charge in [0.25, 0.3) is 0 Å². The van der Waals surface area contributed by atoms with Crippen molar-refractivity contribution in [2.24, 2.45) is 0 Å². The molecule has 0 rings (SSSR count). The Balaban J connectivity index is 4.39. The van der Waals surface area contributed by atoms with Gasteiger partial charge in [0.1, 0.15) is 0 Å². The van der Waals surface area contributed by atoms with Gasteiger partial charge < -0.3 is 0 Å². The van der Waals surface area contributed by atoms with Gasteiger partial charge >= 0.3 is 9.84 Å². The van der Waals surface area contributed by atoms with Crippen molar-refractivity contribution in [3.63, 3.8) is 0 Å². The zero-order valence-corrected chi connectivity index (χ0v) is 6.10. The lowest BCUT2D eigenvalue weighted by atomic mass is 10.7. The largest absolute Gasteiger partial charge is 0.515 e. The van der Waals surface area contributed by atoms with E-state index in [1.807, 2.05) is 4.85 Å². The van der Waals surface area contributed by atoms with Crippen LogP contribution in [0.1, 0.15) is 0 Å². The first kappa shape index (κ1) is 9.22. The molecule has 0 radical (unpaired) electrons. The van der Waals surface area contributed by atoms with Crippen molar-refractivity contribution in [2.75, 3.05) is 0 Å². The van der Waals surface area contributed by atoms with Crippen LogP contribution in [0.4, 0.5) is 8.78 Å². The third-order valence-electron chi connectivity index (χ3n) is 0.481. The summed E-state index contributed by atoms with van der Waals surface area (Å²) in [5, 5.41) is -3.39. The highest BCUT2D eigenvalue weighted by Gasteiger charge is 2.58. The second kappa shape index (κ2) is 2.45.